The molecule has 0 saturated heterocycles. The predicted molar refractivity (Wildman–Crippen MR) is 60.7 cm³/mol. The van der Waals surface area contributed by atoms with Crippen molar-refractivity contribution in [3.63, 3.8) is 0 Å². The molecule has 0 saturated carbocycles. The van der Waals surface area contributed by atoms with Crippen molar-refractivity contribution in [2.75, 3.05) is 0 Å². The number of hydrogen-bond acceptors (Lipinski definition) is 4. The molecule has 0 radical (unpaired) electrons. The molecular weight excluding hydrogens is 240 g/mol. The molecule has 1 atom stereocenters. The van der Waals surface area contributed by atoms with Gasteiger partial charge in [-0.2, -0.15) is 4.98 Å². The topological polar surface area (TPSA) is 64.9 Å². The second kappa shape index (κ2) is 5.22. The van der Waals surface area contributed by atoms with Crippen LogP contribution in [0.3, 0.4) is 0 Å². The van der Waals surface area contributed by atoms with Gasteiger partial charge < -0.3 is 10.3 Å². The summed E-state index contributed by atoms with van der Waals surface area (Å²) in [5, 5.41) is 3.71. The van der Waals surface area contributed by atoms with Gasteiger partial charge in [0.15, 0.2) is 5.82 Å². The van der Waals surface area contributed by atoms with Crippen LogP contribution in [0.25, 0.3) is 0 Å². The highest BCUT2D eigenvalue weighted by molar-refractivity contribution is 5.20. The zero-order valence-corrected chi connectivity index (χ0v) is 9.86. The first kappa shape index (κ1) is 12.6. The Morgan fingerprint density at radius 3 is 2.78 bits per heavy atom. The number of aryl methyl sites for hydroxylation is 1. The average molecular weight is 253 g/mol. The third kappa shape index (κ3) is 2.70. The predicted octanol–water partition coefficient (Wildman–Crippen LogP) is 2.15. The van der Waals surface area contributed by atoms with Crippen molar-refractivity contribution in [3.8, 4) is 0 Å². The molecule has 0 aliphatic heterocycles. The monoisotopic (exact) mass is 253 g/mol. The van der Waals surface area contributed by atoms with Crippen LogP contribution in [-0.4, -0.2) is 10.1 Å². The van der Waals surface area contributed by atoms with E-state index in [0.29, 0.717) is 17.8 Å². The zero-order valence-electron chi connectivity index (χ0n) is 9.86. The Labute approximate surface area is 103 Å². The van der Waals surface area contributed by atoms with E-state index in [1.54, 1.807) is 0 Å². The van der Waals surface area contributed by atoms with Gasteiger partial charge in [-0.15, -0.1) is 0 Å². The molecule has 0 spiro atoms. The second-order valence-electron chi connectivity index (χ2n) is 3.95. The summed E-state index contributed by atoms with van der Waals surface area (Å²) >= 11 is 0. The van der Waals surface area contributed by atoms with Gasteiger partial charge in [-0.25, -0.2) is 8.78 Å². The molecular formula is C12H13F2N3O. The van der Waals surface area contributed by atoms with Crippen LogP contribution in [0.15, 0.2) is 22.7 Å². The molecule has 1 heterocycles. The van der Waals surface area contributed by atoms with E-state index in [4.69, 9.17) is 10.3 Å². The van der Waals surface area contributed by atoms with Crippen LogP contribution in [-0.2, 0) is 12.8 Å². The summed E-state index contributed by atoms with van der Waals surface area (Å²) in [7, 11) is 0. The lowest BCUT2D eigenvalue weighted by Gasteiger charge is -2.07. The van der Waals surface area contributed by atoms with Gasteiger partial charge in [0, 0.05) is 12.5 Å². The van der Waals surface area contributed by atoms with E-state index in [9.17, 15) is 8.78 Å². The van der Waals surface area contributed by atoms with E-state index in [0.717, 1.165) is 6.07 Å². The molecule has 1 aromatic heterocycles. The second-order valence-corrected chi connectivity index (χ2v) is 3.95. The summed E-state index contributed by atoms with van der Waals surface area (Å²) in [6.45, 7) is 1.89. The molecule has 2 N–H and O–H groups in total. The van der Waals surface area contributed by atoms with Gasteiger partial charge in [0.2, 0.25) is 5.89 Å². The molecule has 96 valence electrons. The number of halogens is 2. The summed E-state index contributed by atoms with van der Waals surface area (Å²) in [5.74, 6) is -0.424. The van der Waals surface area contributed by atoms with Crippen molar-refractivity contribution in [3.05, 3.63) is 47.1 Å². The fourth-order valence-corrected chi connectivity index (χ4v) is 1.57. The first-order valence-corrected chi connectivity index (χ1v) is 5.62. The molecule has 0 fully saturated rings. The minimum atomic E-state index is -0.624. The maximum atomic E-state index is 13.4. The molecule has 2 rings (SSSR count). The highest BCUT2D eigenvalue weighted by atomic mass is 19.1. The van der Waals surface area contributed by atoms with Gasteiger partial charge in [0.1, 0.15) is 11.6 Å². The minimum Gasteiger partial charge on any atom is -0.338 e. The number of hydrogen-bond donors (Lipinski definition) is 1. The van der Waals surface area contributed by atoms with Gasteiger partial charge in [0.25, 0.3) is 0 Å². The van der Waals surface area contributed by atoms with Crippen molar-refractivity contribution in [1.29, 1.82) is 0 Å². The van der Waals surface area contributed by atoms with Crippen LogP contribution in [0.1, 0.15) is 30.2 Å². The van der Waals surface area contributed by atoms with Crippen LogP contribution in [0.2, 0.25) is 0 Å². The van der Waals surface area contributed by atoms with Crippen molar-refractivity contribution in [2.24, 2.45) is 5.73 Å². The molecule has 1 unspecified atom stereocenters. The summed E-state index contributed by atoms with van der Waals surface area (Å²) in [6.07, 6.45) is 0.818. The summed E-state index contributed by atoms with van der Waals surface area (Å²) in [6, 6.07) is 2.78. The smallest absolute Gasteiger partial charge is 0.243 e. The first-order valence-electron chi connectivity index (χ1n) is 5.62. The van der Waals surface area contributed by atoms with Crippen molar-refractivity contribution in [2.45, 2.75) is 25.8 Å². The Kier molecular flexibility index (Phi) is 3.66. The largest absolute Gasteiger partial charge is 0.338 e. The number of nitrogens with zero attached hydrogens (tertiary/aromatic N) is 2. The Hall–Kier alpha value is -1.82. The van der Waals surface area contributed by atoms with Crippen LogP contribution < -0.4 is 5.73 Å². The SMILES string of the molecule is CCc1noc(C(N)Cc2ccc(F)cc2F)n1. The zero-order chi connectivity index (χ0) is 13.1. The van der Waals surface area contributed by atoms with Crippen molar-refractivity contribution < 1.29 is 13.3 Å². The highest BCUT2D eigenvalue weighted by Crippen LogP contribution is 2.17. The van der Waals surface area contributed by atoms with E-state index >= 15 is 0 Å². The van der Waals surface area contributed by atoms with Crippen molar-refractivity contribution >= 4 is 0 Å². The van der Waals surface area contributed by atoms with Crippen LogP contribution in [0.5, 0.6) is 0 Å². The standard InChI is InChI=1S/C12H13F2N3O/c1-2-11-16-12(18-17-11)10(15)5-7-3-4-8(13)6-9(7)14/h3-4,6,10H,2,5,15H2,1H3. The van der Waals surface area contributed by atoms with E-state index in [2.05, 4.69) is 10.1 Å². The maximum absolute atomic E-state index is 13.4. The van der Waals surface area contributed by atoms with Crippen molar-refractivity contribution in [1.82, 2.24) is 10.1 Å². The first-order chi connectivity index (χ1) is 8.60. The van der Waals surface area contributed by atoms with E-state index in [1.807, 2.05) is 6.92 Å². The lowest BCUT2D eigenvalue weighted by molar-refractivity contribution is 0.349. The maximum Gasteiger partial charge on any atom is 0.243 e. The van der Waals surface area contributed by atoms with Gasteiger partial charge in [-0.05, 0) is 18.1 Å². The van der Waals surface area contributed by atoms with Gasteiger partial charge >= 0.3 is 0 Å². The summed E-state index contributed by atoms with van der Waals surface area (Å²) in [4.78, 5) is 4.07. The molecule has 2 aromatic rings. The Bertz CT molecular complexity index is 542. The fourth-order valence-electron chi connectivity index (χ4n) is 1.57. The Morgan fingerprint density at radius 2 is 2.17 bits per heavy atom. The van der Waals surface area contributed by atoms with Crippen LogP contribution >= 0.6 is 0 Å². The number of aromatic nitrogens is 2. The third-order valence-corrected chi connectivity index (χ3v) is 2.57. The number of benzene rings is 1. The molecule has 0 amide bonds. The van der Waals surface area contributed by atoms with Gasteiger partial charge in [-0.1, -0.05) is 18.1 Å². The van der Waals surface area contributed by atoms with E-state index < -0.39 is 17.7 Å². The molecule has 0 aliphatic rings. The summed E-state index contributed by atoms with van der Waals surface area (Å²) in [5.41, 5.74) is 6.16. The molecule has 1 aromatic carbocycles. The molecule has 0 aliphatic carbocycles. The van der Waals surface area contributed by atoms with Crippen LogP contribution in [0.4, 0.5) is 8.78 Å². The normalized spacial score (nSPS) is 12.7. The fraction of sp³-hybridized carbons (Fsp3) is 0.333. The average Bonchev–Trinajstić information content (AvgIpc) is 2.81. The molecule has 4 nitrogen and oxygen atoms in total. The van der Waals surface area contributed by atoms with Gasteiger partial charge in [0.05, 0.1) is 6.04 Å². The molecule has 0 bridgehead atoms. The Morgan fingerprint density at radius 1 is 1.39 bits per heavy atom. The molecule has 18 heavy (non-hydrogen) atoms. The lowest BCUT2D eigenvalue weighted by Crippen LogP contribution is -2.14. The lowest BCUT2D eigenvalue weighted by atomic mass is 10.1. The van der Waals surface area contributed by atoms with E-state index in [1.165, 1.54) is 12.1 Å². The minimum absolute atomic E-state index is 0.178. The third-order valence-electron chi connectivity index (χ3n) is 2.57. The highest BCUT2D eigenvalue weighted by Gasteiger charge is 2.16. The molecule has 6 heteroatoms. The number of rotatable bonds is 4. The quantitative estimate of drug-likeness (QED) is 0.906. The number of nitrogens with two attached hydrogens (primary N) is 1. The summed E-state index contributed by atoms with van der Waals surface area (Å²) < 4.78 is 31.2. The van der Waals surface area contributed by atoms with Gasteiger partial charge in [-0.3, -0.25) is 0 Å². The van der Waals surface area contributed by atoms with E-state index in [-0.39, 0.29) is 12.3 Å². The Balaban J connectivity index is 2.13. The van der Waals surface area contributed by atoms with Crippen LogP contribution in [0, 0.1) is 11.6 Å².